The predicted octanol–water partition coefficient (Wildman–Crippen LogP) is 2.96. The number of ether oxygens (including phenoxy) is 1. The second kappa shape index (κ2) is 14.5. The molecule has 2 aliphatic rings. The molecule has 4 rings (SSSR count). The molecule has 4 amide bonds. The van der Waals surface area contributed by atoms with E-state index in [0.29, 0.717) is 38.9 Å². The van der Waals surface area contributed by atoms with Gasteiger partial charge in [-0.3, -0.25) is 24.2 Å². The number of carbonyl (C=O) groups excluding carboxylic acids is 4. The monoisotopic (exact) mass is 591 g/mol. The Morgan fingerprint density at radius 1 is 0.860 bits per heavy atom. The average molecular weight is 592 g/mol. The van der Waals surface area contributed by atoms with Crippen molar-refractivity contribution in [1.82, 2.24) is 25.3 Å². The van der Waals surface area contributed by atoms with Gasteiger partial charge in [0.15, 0.2) is 0 Å². The third-order valence-corrected chi connectivity index (χ3v) is 7.77. The van der Waals surface area contributed by atoms with E-state index in [1.54, 1.807) is 27.7 Å². The van der Waals surface area contributed by atoms with E-state index < -0.39 is 41.6 Å². The van der Waals surface area contributed by atoms with Crippen molar-refractivity contribution in [3.05, 3.63) is 71.8 Å². The summed E-state index contributed by atoms with van der Waals surface area (Å²) in [5.74, 6) is -0.999. The molecule has 10 nitrogen and oxygen atoms in total. The fourth-order valence-corrected chi connectivity index (χ4v) is 5.49. The highest BCUT2D eigenvalue weighted by molar-refractivity contribution is 5.94. The normalized spacial score (nSPS) is 18.9. The van der Waals surface area contributed by atoms with Crippen LogP contribution in [0.15, 0.2) is 60.7 Å². The second-order valence-electron chi connectivity index (χ2n) is 12.4. The van der Waals surface area contributed by atoms with Crippen molar-refractivity contribution in [1.29, 1.82) is 0 Å². The van der Waals surface area contributed by atoms with Gasteiger partial charge in [-0.15, -0.1) is 0 Å². The van der Waals surface area contributed by atoms with E-state index in [9.17, 15) is 19.2 Å². The van der Waals surface area contributed by atoms with Gasteiger partial charge in [-0.25, -0.2) is 4.79 Å². The van der Waals surface area contributed by atoms with Crippen LogP contribution >= 0.6 is 0 Å². The summed E-state index contributed by atoms with van der Waals surface area (Å²) in [6.45, 7) is 10.8. The maximum atomic E-state index is 13.7. The molecule has 2 aromatic rings. The van der Waals surface area contributed by atoms with Gasteiger partial charge in [0.25, 0.3) is 0 Å². The highest BCUT2D eigenvalue weighted by atomic mass is 16.6. The van der Waals surface area contributed by atoms with Crippen molar-refractivity contribution in [2.45, 2.75) is 77.2 Å². The number of nitrogens with one attached hydrogen (secondary N) is 2. The molecule has 3 atom stereocenters. The topological polar surface area (TPSA) is 111 Å². The van der Waals surface area contributed by atoms with Crippen LogP contribution in [0.3, 0.4) is 0 Å². The van der Waals surface area contributed by atoms with Crippen molar-refractivity contribution in [2.75, 3.05) is 32.7 Å². The maximum Gasteiger partial charge on any atom is 0.410 e. The largest absolute Gasteiger partial charge is 0.444 e. The number of piperazine rings is 1. The van der Waals surface area contributed by atoms with Gasteiger partial charge in [0.05, 0.1) is 0 Å². The summed E-state index contributed by atoms with van der Waals surface area (Å²) < 4.78 is 5.47. The summed E-state index contributed by atoms with van der Waals surface area (Å²) in [6.07, 6.45) is 0.958. The molecule has 232 valence electrons. The zero-order chi connectivity index (χ0) is 31.0. The van der Waals surface area contributed by atoms with Crippen LogP contribution in [0.4, 0.5) is 4.79 Å². The Kier molecular flexibility index (Phi) is 10.8. The lowest BCUT2D eigenvalue weighted by molar-refractivity contribution is -0.138. The number of carbonyl (C=O) groups is 4. The van der Waals surface area contributed by atoms with Crippen LogP contribution in [0.2, 0.25) is 0 Å². The van der Waals surface area contributed by atoms with Crippen LogP contribution in [0.1, 0.15) is 51.7 Å². The molecule has 0 bridgehead atoms. The fourth-order valence-electron chi connectivity index (χ4n) is 5.49. The summed E-state index contributed by atoms with van der Waals surface area (Å²) in [5.41, 5.74) is 1.49. The van der Waals surface area contributed by atoms with Crippen molar-refractivity contribution in [3.8, 4) is 0 Å². The summed E-state index contributed by atoms with van der Waals surface area (Å²) in [4.78, 5) is 58.4. The van der Waals surface area contributed by atoms with Gasteiger partial charge < -0.3 is 20.3 Å². The fraction of sp³-hybridized carbons (Fsp3) is 0.515. The number of rotatable bonds is 9. The van der Waals surface area contributed by atoms with Crippen molar-refractivity contribution in [3.63, 3.8) is 0 Å². The first-order chi connectivity index (χ1) is 20.5. The Bertz CT molecular complexity index is 1240. The molecule has 2 fully saturated rings. The minimum absolute atomic E-state index is 0.137. The SMILES string of the molecule is CC(NC(=O)C1CCCN1C(=O)OC(C)(C)C)C(=O)NC(Cc1ccccc1)C(=O)N1CCN(Cc2ccccc2)CC1. The number of benzene rings is 2. The molecule has 2 N–H and O–H groups in total. The Hall–Kier alpha value is -3.92. The van der Waals surface area contributed by atoms with E-state index in [1.807, 2.05) is 53.4 Å². The molecule has 43 heavy (non-hydrogen) atoms. The summed E-state index contributed by atoms with van der Waals surface area (Å²) in [5, 5.41) is 5.66. The quantitative estimate of drug-likeness (QED) is 0.464. The van der Waals surface area contributed by atoms with Crippen LogP contribution in [-0.2, 0) is 32.1 Å². The van der Waals surface area contributed by atoms with Crippen LogP contribution in [0.25, 0.3) is 0 Å². The molecule has 0 saturated carbocycles. The average Bonchev–Trinajstić information content (AvgIpc) is 3.48. The van der Waals surface area contributed by atoms with Gasteiger partial charge in [-0.2, -0.15) is 0 Å². The smallest absolute Gasteiger partial charge is 0.410 e. The van der Waals surface area contributed by atoms with Gasteiger partial charge in [-0.05, 0) is 51.7 Å². The summed E-state index contributed by atoms with van der Waals surface area (Å²) in [6, 6.07) is 17.5. The van der Waals surface area contributed by atoms with E-state index in [2.05, 4.69) is 27.7 Å². The number of nitrogens with zero attached hydrogens (tertiary/aromatic N) is 3. The Morgan fingerprint density at radius 2 is 1.47 bits per heavy atom. The van der Waals surface area contributed by atoms with Crippen molar-refractivity contribution >= 4 is 23.8 Å². The lowest BCUT2D eigenvalue weighted by Gasteiger charge is -2.36. The van der Waals surface area contributed by atoms with Crippen LogP contribution in [0, 0.1) is 0 Å². The Balaban J connectivity index is 1.36. The van der Waals surface area contributed by atoms with Crippen molar-refractivity contribution < 1.29 is 23.9 Å². The zero-order valence-corrected chi connectivity index (χ0v) is 25.8. The third-order valence-electron chi connectivity index (χ3n) is 7.77. The van der Waals surface area contributed by atoms with E-state index in [0.717, 1.165) is 25.2 Å². The number of likely N-dealkylation sites (tertiary alicyclic amines) is 1. The maximum absolute atomic E-state index is 13.7. The molecule has 2 aromatic carbocycles. The number of hydrogen-bond donors (Lipinski definition) is 2. The van der Waals surface area contributed by atoms with E-state index >= 15 is 0 Å². The number of amides is 4. The van der Waals surface area contributed by atoms with Crippen LogP contribution < -0.4 is 10.6 Å². The van der Waals surface area contributed by atoms with Crippen LogP contribution in [0.5, 0.6) is 0 Å². The molecule has 2 saturated heterocycles. The van der Waals surface area contributed by atoms with Crippen LogP contribution in [-0.4, -0.2) is 95.0 Å². The standard InChI is InChI=1S/C33H45N5O5/c1-24(34-30(40)28-16-11-17-38(28)32(42)43-33(2,3)4)29(39)35-27(22-25-12-7-5-8-13-25)31(41)37-20-18-36(19-21-37)23-26-14-9-6-10-15-26/h5-10,12-15,24,27-28H,11,16-23H2,1-4H3,(H,34,40)(H,35,39). The van der Waals surface area contributed by atoms with Crippen molar-refractivity contribution in [2.24, 2.45) is 0 Å². The summed E-state index contributed by atoms with van der Waals surface area (Å²) in [7, 11) is 0. The molecule has 10 heteroatoms. The van der Waals surface area contributed by atoms with Gasteiger partial charge in [-0.1, -0.05) is 60.7 Å². The molecule has 0 spiro atoms. The molecule has 0 radical (unpaired) electrons. The first-order valence-corrected chi connectivity index (χ1v) is 15.2. The molecule has 3 unspecified atom stereocenters. The first-order valence-electron chi connectivity index (χ1n) is 15.2. The van der Waals surface area contributed by atoms with E-state index in [-0.39, 0.29) is 5.91 Å². The molecule has 2 aliphatic heterocycles. The van der Waals surface area contributed by atoms with E-state index in [1.165, 1.54) is 10.5 Å². The molecular formula is C33H45N5O5. The lowest BCUT2D eigenvalue weighted by atomic mass is 10.0. The highest BCUT2D eigenvalue weighted by Gasteiger charge is 2.38. The molecule has 0 aliphatic carbocycles. The Labute approximate surface area is 254 Å². The highest BCUT2D eigenvalue weighted by Crippen LogP contribution is 2.21. The molecular weight excluding hydrogens is 546 g/mol. The zero-order valence-electron chi connectivity index (χ0n) is 25.8. The van der Waals surface area contributed by atoms with Gasteiger partial charge >= 0.3 is 6.09 Å². The lowest BCUT2D eigenvalue weighted by Crippen LogP contribution is -2.58. The first kappa shape index (κ1) is 32.0. The Morgan fingerprint density at radius 3 is 2.07 bits per heavy atom. The van der Waals surface area contributed by atoms with Gasteiger partial charge in [0, 0.05) is 45.7 Å². The minimum atomic E-state index is -0.901. The predicted molar refractivity (Wildman–Crippen MR) is 164 cm³/mol. The molecule has 2 heterocycles. The third kappa shape index (κ3) is 9.28. The van der Waals surface area contributed by atoms with Gasteiger partial charge in [0.2, 0.25) is 17.7 Å². The number of hydrogen-bond acceptors (Lipinski definition) is 6. The molecule has 0 aromatic heterocycles. The van der Waals surface area contributed by atoms with Gasteiger partial charge in [0.1, 0.15) is 23.7 Å². The second-order valence-corrected chi connectivity index (χ2v) is 12.4. The van der Waals surface area contributed by atoms with E-state index in [4.69, 9.17) is 4.74 Å². The minimum Gasteiger partial charge on any atom is -0.444 e. The summed E-state index contributed by atoms with van der Waals surface area (Å²) >= 11 is 0.